The van der Waals surface area contributed by atoms with Crippen LogP contribution in [0.4, 0.5) is 4.79 Å². The van der Waals surface area contributed by atoms with Crippen LogP contribution in [0.15, 0.2) is 18.3 Å². The normalized spacial score (nSPS) is 21.1. The second-order valence-corrected chi connectivity index (χ2v) is 6.50. The molecule has 2 aliphatic heterocycles. The van der Waals surface area contributed by atoms with E-state index in [2.05, 4.69) is 16.4 Å². The molecule has 0 saturated carbocycles. The number of urea groups is 1. The lowest BCUT2D eigenvalue weighted by molar-refractivity contribution is -0.137. The molecule has 0 aliphatic carbocycles. The van der Waals surface area contributed by atoms with Gasteiger partial charge in [0.25, 0.3) is 5.91 Å². The molecule has 0 bridgehead atoms. The molecule has 1 N–H and O–H groups in total. The predicted octanol–water partition coefficient (Wildman–Crippen LogP) is 0.723. The van der Waals surface area contributed by atoms with Crippen molar-refractivity contribution in [3.05, 3.63) is 29.6 Å². The Bertz CT molecular complexity index is 628. The van der Waals surface area contributed by atoms with Gasteiger partial charge in [0.1, 0.15) is 6.54 Å². The molecule has 24 heavy (non-hydrogen) atoms. The Morgan fingerprint density at radius 2 is 2.21 bits per heavy atom. The largest absolute Gasteiger partial charge is 0.341 e. The average molecular weight is 330 g/mol. The molecule has 0 spiro atoms. The highest BCUT2D eigenvalue weighted by Gasteiger charge is 2.32. The molecule has 4 amide bonds. The zero-order valence-corrected chi connectivity index (χ0v) is 13.8. The average Bonchev–Trinajstić information content (AvgIpc) is 2.89. The van der Waals surface area contributed by atoms with Gasteiger partial charge in [-0.15, -0.1) is 0 Å². The van der Waals surface area contributed by atoms with Crippen molar-refractivity contribution in [1.82, 2.24) is 20.1 Å². The molecule has 128 valence electrons. The van der Waals surface area contributed by atoms with E-state index >= 15 is 0 Å². The summed E-state index contributed by atoms with van der Waals surface area (Å²) in [6.45, 7) is 3.13. The number of amides is 4. The van der Waals surface area contributed by atoms with Crippen molar-refractivity contribution >= 4 is 17.8 Å². The Morgan fingerprint density at radius 3 is 2.88 bits per heavy atom. The highest BCUT2D eigenvalue weighted by molar-refractivity contribution is 6.04. The highest BCUT2D eigenvalue weighted by Crippen LogP contribution is 2.21. The van der Waals surface area contributed by atoms with Crippen LogP contribution in [0, 0.1) is 12.8 Å². The molecule has 2 fully saturated rings. The fraction of sp³-hybridized carbons (Fsp3) is 0.529. The van der Waals surface area contributed by atoms with Crippen molar-refractivity contribution in [3.8, 4) is 0 Å². The third-order valence-electron chi connectivity index (χ3n) is 4.60. The molecule has 2 aliphatic rings. The van der Waals surface area contributed by atoms with E-state index in [9.17, 15) is 14.4 Å². The van der Waals surface area contributed by atoms with Gasteiger partial charge in [-0.25, -0.2) is 4.79 Å². The molecule has 7 nitrogen and oxygen atoms in total. The summed E-state index contributed by atoms with van der Waals surface area (Å²) < 4.78 is 0. The Labute approximate surface area is 141 Å². The highest BCUT2D eigenvalue weighted by atomic mass is 16.2. The first-order valence-electron chi connectivity index (χ1n) is 8.30. The summed E-state index contributed by atoms with van der Waals surface area (Å²) in [5.74, 6) is -0.116. The Kier molecular flexibility index (Phi) is 4.78. The van der Waals surface area contributed by atoms with E-state index < -0.39 is 6.03 Å². The van der Waals surface area contributed by atoms with Crippen LogP contribution in [0.2, 0.25) is 0 Å². The number of hydrogen-bond acceptors (Lipinski definition) is 4. The number of aromatic nitrogens is 1. The molecule has 1 unspecified atom stereocenters. The number of piperidine rings is 1. The van der Waals surface area contributed by atoms with Crippen LogP contribution in [0.25, 0.3) is 0 Å². The molecular weight excluding hydrogens is 308 g/mol. The topological polar surface area (TPSA) is 82.6 Å². The second-order valence-electron chi connectivity index (χ2n) is 6.50. The predicted molar refractivity (Wildman–Crippen MR) is 87.1 cm³/mol. The number of nitrogens with one attached hydrogen (secondary N) is 1. The number of carbonyl (C=O) groups excluding carboxylic acids is 3. The van der Waals surface area contributed by atoms with Gasteiger partial charge in [-0.2, -0.15) is 0 Å². The molecular formula is C17H22N4O3. The molecule has 1 aromatic rings. The van der Waals surface area contributed by atoms with Crippen molar-refractivity contribution in [2.24, 2.45) is 5.92 Å². The summed E-state index contributed by atoms with van der Waals surface area (Å²) in [6, 6.07) is 3.60. The molecule has 1 atom stereocenters. The first-order chi connectivity index (χ1) is 11.5. The smallest absolute Gasteiger partial charge is 0.325 e. The number of hydrogen-bond donors (Lipinski definition) is 1. The van der Waals surface area contributed by atoms with Crippen LogP contribution in [0.3, 0.4) is 0 Å². The first kappa shape index (κ1) is 16.4. The van der Waals surface area contributed by atoms with Gasteiger partial charge in [-0.05, 0) is 43.7 Å². The van der Waals surface area contributed by atoms with Crippen molar-refractivity contribution in [2.75, 3.05) is 26.2 Å². The van der Waals surface area contributed by atoms with E-state index in [0.29, 0.717) is 19.0 Å². The van der Waals surface area contributed by atoms with Crippen molar-refractivity contribution in [1.29, 1.82) is 0 Å². The van der Waals surface area contributed by atoms with Crippen molar-refractivity contribution in [2.45, 2.75) is 26.2 Å². The van der Waals surface area contributed by atoms with Gasteiger partial charge in [-0.3, -0.25) is 19.5 Å². The maximum absolute atomic E-state index is 12.4. The summed E-state index contributed by atoms with van der Waals surface area (Å²) in [5, 5.41) is 2.43. The van der Waals surface area contributed by atoms with Crippen molar-refractivity contribution < 1.29 is 14.4 Å². The summed E-state index contributed by atoms with van der Waals surface area (Å²) in [7, 11) is 0. The number of likely N-dealkylation sites (tertiary alicyclic amines) is 1. The van der Waals surface area contributed by atoms with Gasteiger partial charge in [-0.1, -0.05) is 6.07 Å². The molecule has 2 saturated heterocycles. The van der Waals surface area contributed by atoms with Crippen molar-refractivity contribution in [3.63, 3.8) is 0 Å². The number of aryl methyl sites for hydroxylation is 1. The van der Waals surface area contributed by atoms with E-state index in [0.717, 1.165) is 29.9 Å². The first-order valence-corrected chi connectivity index (χ1v) is 8.30. The number of carbonyl (C=O) groups is 3. The van der Waals surface area contributed by atoms with Gasteiger partial charge >= 0.3 is 6.03 Å². The maximum atomic E-state index is 12.4. The number of nitrogens with zero attached hydrogens (tertiary/aromatic N) is 3. The summed E-state index contributed by atoms with van der Waals surface area (Å²) in [4.78, 5) is 42.7. The third kappa shape index (κ3) is 3.72. The van der Waals surface area contributed by atoms with Gasteiger partial charge < -0.3 is 10.2 Å². The zero-order chi connectivity index (χ0) is 17.1. The van der Waals surface area contributed by atoms with Gasteiger partial charge in [0.2, 0.25) is 5.91 Å². The molecule has 0 aromatic carbocycles. The lowest BCUT2D eigenvalue weighted by atomic mass is 9.92. The van der Waals surface area contributed by atoms with Crippen LogP contribution in [-0.2, 0) is 16.0 Å². The molecule has 7 heteroatoms. The van der Waals surface area contributed by atoms with Crippen LogP contribution in [0.1, 0.15) is 24.1 Å². The van der Waals surface area contributed by atoms with Crippen LogP contribution < -0.4 is 5.32 Å². The van der Waals surface area contributed by atoms with Gasteiger partial charge in [0.05, 0.1) is 6.54 Å². The quantitative estimate of drug-likeness (QED) is 0.825. The van der Waals surface area contributed by atoms with Gasteiger partial charge in [0.15, 0.2) is 0 Å². The second kappa shape index (κ2) is 6.98. The lowest BCUT2D eigenvalue weighted by Crippen LogP contribution is -2.47. The Morgan fingerprint density at radius 1 is 1.38 bits per heavy atom. The van der Waals surface area contributed by atoms with E-state index in [1.54, 1.807) is 4.90 Å². The third-order valence-corrected chi connectivity index (χ3v) is 4.60. The van der Waals surface area contributed by atoms with Crippen LogP contribution in [-0.4, -0.2) is 58.8 Å². The van der Waals surface area contributed by atoms with Gasteiger partial charge in [0, 0.05) is 25.0 Å². The summed E-state index contributed by atoms with van der Waals surface area (Å²) >= 11 is 0. The molecule has 3 rings (SSSR count). The maximum Gasteiger partial charge on any atom is 0.325 e. The number of imide groups is 1. The molecule has 3 heterocycles. The van der Waals surface area contributed by atoms with Crippen LogP contribution >= 0.6 is 0 Å². The summed E-state index contributed by atoms with van der Waals surface area (Å²) in [6.07, 6.45) is 4.79. The number of rotatable bonds is 4. The minimum absolute atomic E-state index is 0.0187. The molecule has 0 radical (unpaired) electrons. The minimum atomic E-state index is -0.479. The molecule has 1 aromatic heterocycles. The fourth-order valence-corrected chi connectivity index (χ4v) is 3.26. The fourth-order valence-electron chi connectivity index (χ4n) is 3.26. The SMILES string of the molecule is Cc1ccc(CC2CCCN(C(=O)CN3C(=O)CNC3=O)C2)cn1. The standard InChI is InChI=1S/C17H22N4O3/c1-12-4-5-13(8-18-12)7-14-3-2-6-20(10-14)16(23)11-21-15(22)9-19-17(21)24/h4-5,8,14H,2-3,6-7,9-11H2,1H3,(H,19,24). The lowest BCUT2D eigenvalue weighted by Gasteiger charge is -2.33. The van der Waals surface area contributed by atoms with E-state index in [1.165, 1.54) is 5.56 Å². The Balaban J connectivity index is 1.56. The minimum Gasteiger partial charge on any atom is -0.341 e. The van der Waals surface area contributed by atoms with E-state index in [1.807, 2.05) is 19.2 Å². The summed E-state index contributed by atoms with van der Waals surface area (Å²) in [5.41, 5.74) is 2.17. The van der Waals surface area contributed by atoms with E-state index in [4.69, 9.17) is 0 Å². The van der Waals surface area contributed by atoms with E-state index in [-0.39, 0.29) is 24.9 Å². The number of pyridine rings is 1. The zero-order valence-electron chi connectivity index (χ0n) is 13.8. The monoisotopic (exact) mass is 330 g/mol. The van der Waals surface area contributed by atoms with Crippen LogP contribution in [0.5, 0.6) is 0 Å². The Hall–Kier alpha value is -2.44.